The van der Waals surface area contributed by atoms with Crippen molar-refractivity contribution in [3.8, 4) is 11.5 Å². The number of carbonyl (C=O) groups is 3. The molecule has 0 saturated carbocycles. The number of furan rings is 1. The van der Waals surface area contributed by atoms with Crippen LogP contribution in [0.1, 0.15) is 48.0 Å². The van der Waals surface area contributed by atoms with Gasteiger partial charge < -0.3 is 23.9 Å². The number of Topliss-reactive ketones (excluding diaryl/α,β-unsaturated/α-hetero) is 1. The second-order valence-electron chi connectivity index (χ2n) is 7.43. The van der Waals surface area contributed by atoms with Gasteiger partial charge in [-0.2, -0.15) is 0 Å². The highest BCUT2D eigenvalue weighted by molar-refractivity contribution is 6.08. The Labute approximate surface area is 191 Å². The molecule has 0 aliphatic rings. The van der Waals surface area contributed by atoms with Crippen molar-refractivity contribution in [2.24, 2.45) is 0 Å². The van der Waals surface area contributed by atoms with Crippen molar-refractivity contribution in [3.05, 3.63) is 76.2 Å². The highest BCUT2D eigenvalue weighted by Gasteiger charge is 2.22. The summed E-state index contributed by atoms with van der Waals surface area (Å²) < 4.78 is 20.9. The van der Waals surface area contributed by atoms with Crippen LogP contribution < -0.4 is 14.8 Å². The van der Waals surface area contributed by atoms with Gasteiger partial charge in [-0.3, -0.25) is 9.59 Å². The minimum atomic E-state index is -0.805. The van der Waals surface area contributed by atoms with E-state index in [1.54, 1.807) is 12.1 Å². The molecule has 2 aromatic carbocycles. The van der Waals surface area contributed by atoms with Crippen molar-refractivity contribution in [1.82, 2.24) is 0 Å². The number of hydrogen-bond acceptors (Lipinski definition) is 7. The molecule has 0 spiro atoms. The second kappa shape index (κ2) is 10.0. The molecule has 0 fully saturated rings. The first kappa shape index (κ1) is 23.6. The number of hydrogen-bond donors (Lipinski definition) is 1. The number of nitrogens with one attached hydrogen (secondary N) is 1. The molecule has 172 valence electrons. The van der Waals surface area contributed by atoms with Crippen LogP contribution in [0.4, 0.5) is 5.69 Å². The smallest absolute Gasteiger partial charge is 0.340 e. The number of esters is 1. The molecule has 8 heteroatoms. The summed E-state index contributed by atoms with van der Waals surface area (Å²) in [6.45, 7) is 5.25. The lowest BCUT2D eigenvalue weighted by atomic mass is 9.98. The van der Waals surface area contributed by atoms with Gasteiger partial charge in [0.25, 0.3) is 5.91 Å². The summed E-state index contributed by atoms with van der Waals surface area (Å²) in [4.78, 5) is 38.1. The van der Waals surface area contributed by atoms with Gasteiger partial charge in [0.2, 0.25) is 5.78 Å². The van der Waals surface area contributed by atoms with Crippen LogP contribution >= 0.6 is 0 Å². The van der Waals surface area contributed by atoms with Gasteiger partial charge in [-0.25, -0.2) is 4.79 Å². The standard InChI is InChI=1S/C25H25NO7/c1-14-9-16(3)17(10-15(14)2)20(27)13-33-25(29)18-11-22(30-4)23(31-5)12-19(18)26-24(28)21-7-6-8-32-21/h6-12H,13H2,1-5H3,(H,26,28). The van der Waals surface area contributed by atoms with Crippen LogP contribution in [-0.2, 0) is 4.74 Å². The van der Waals surface area contributed by atoms with Crippen molar-refractivity contribution in [2.45, 2.75) is 20.8 Å². The third kappa shape index (κ3) is 5.23. The normalized spacial score (nSPS) is 10.5. The molecule has 0 atom stereocenters. The lowest BCUT2D eigenvalue weighted by Crippen LogP contribution is -2.19. The van der Waals surface area contributed by atoms with E-state index in [9.17, 15) is 14.4 Å². The molecule has 0 saturated heterocycles. The number of ether oxygens (including phenoxy) is 3. The predicted octanol–water partition coefficient (Wildman–Crippen LogP) is 4.51. The van der Waals surface area contributed by atoms with Gasteiger partial charge in [-0.05, 0) is 55.7 Å². The number of ketones is 1. The van der Waals surface area contributed by atoms with E-state index >= 15 is 0 Å². The zero-order valence-corrected chi connectivity index (χ0v) is 19.1. The fraction of sp³-hybridized carbons (Fsp3) is 0.240. The van der Waals surface area contributed by atoms with Crippen LogP contribution in [0.2, 0.25) is 0 Å². The van der Waals surface area contributed by atoms with Gasteiger partial charge in [0.1, 0.15) is 0 Å². The summed E-state index contributed by atoms with van der Waals surface area (Å²) in [6, 6.07) is 9.57. The molecule has 0 bridgehead atoms. The maximum atomic E-state index is 12.9. The maximum Gasteiger partial charge on any atom is 0.340 e. The van der Waals surface area contributed by atoms with Gasteiger partial charge in [0.15, 0.2) is 23.9 Å². The number of carbonyl (C=O) groups excluding carboxylic acids is 3. The van der Waals surface area contributed by atoms with Crippen molar-refractivity contribution < 1.29 is 33.0 Å². The molecule has 1 heterocycles. The first-order valence-corrected chi connectivity index (χ1v) is 10.1. The fourth-order valence-corrected chi connectivity index (χ4v) is 3.29. The molecule has 0 aliphatic carbocycles. The molecule has 1 aromatic heterocycles. The Hall–Kier alpha value is -4.07. The molecule has 33 heavy (non-hydrogen) atoms. The van der Waals surface area contributed by atoms with Crippen LogP contribution in [0.5, 0.6) is 11.5 Å². The quantitative estimate of drug-likeness (QED) is 0.397. The third-order valence-corrected chi connectivity index (χ3v) is 5.21. The molecular formula is C25H25NO7. The van der Waals surface area contributed by atoms with Crippen LogP contribution in [0, 0.1) is 20.8 Å². The molecular weight excluding hydrogens is 426 g/mol. The Kier molecular flexibility index (Phi) is 7.17. The van der Waals surface area contributed by atoms with Gasteiger partial charge >= 0.3 is 5.97 Å². The highest BCUT2D eigenvalue weighted by Crippen LogP contribution is 2.34. The number of anilines is 1. The van der Waals surface area contributed by atoms with E-state index in [4.69, 9.17) is 18.6 Å². The summed E-state index contributed by atoms with van der Waals surface area (Å²) in [6.07, 6.45) is 1.36. The van der Waals surface area contributed by atoms with Gasteiger partial charge in [-0.1, -0.05) is 6.07 Å². The molecule has 8 nitrogen and oxygen atoms in total. The van der Waals surface area contributed by atoms with E-state index in [0.29, 0.717) is 11.3 Å². The fourth-order valence-electron chi connectivity index (χ4n) is 3.29. The van der Waals surface area contributed by atoms with Crippen LogP contribution in [0.3, 0.4) is 0 Å². The molecule has 1 amide bonds. The van der Waals surface area contributed by atoms with Gasteiger partial charge in [0, 0.05) is 17.7 Å². The lowest BCUT2D eigenvalue weighted by Gasteiger charge is -2.15. The minimum absolute atomic E-state index is 0.00263. The molecule has 1 N–H and O–H groups in total. The Bertz CT molecular complexity index is 1200. The number of methoxy groups -OCH3 is 2. The van der Waals surface area contributed by atoms with Crippen LogP contribution in [0.15, 0.2) is 47.1 Å². The Morgan fingerprint density at radius 3 is 2.18 bits per heavy atom. The monoisotopic (exact) mass is 451 g/mol. The lowest BCUT2D eigenvalue weighted by molar-refractivity contribution is 0.0475. The van der Waals surface area contributed by atoms with Crippen molar-refractivity contribution in [2.75, 3.05) is 26.1 Å². The Morgan fingerprint density at radius 2 is 1.55 bits per heavy atom. The van der Waals surface area contributed by atoms with Crippen molar-refractivity contribution in [3.63, 3.8) is 0 Å². The third-order valence-electron chi connectivity index (χ3n) is 5.21. The van der Waals surface area contributed by atoms with Crippen molar-refractivity contribution in [1.29, 1.82) is 0 Å². The zero-order valence-electron chi connectivity index (χ0n) is 19.1. The minimum Gasteiger partial charge on any atom is -0.493 e. The largest absolute Gasteiger partial charge is 0.493 e. The van der Waals surface area contributed by atoms with E-state index in [1.165, 1.54) is 38.7 Å². The summed E-state index contributed by atoms with van der Waals surface area (Å²) in [5.41, 5.74) is 3.45. The van der Waals surface area contributed by atoms with E-state index in [-0.39, 0.29) is 28.5 Å². The molecule has 3 rings (SSSR count). The first-order valence-electron chi connectivity index (χ1n) is 10.1. The van der Waals surface area contributed by atoms with Crippen molar-refractivity contribution >= 4 is 23.3 Å². The van der Waals surface area contributed by atoms with Gasteiger partial charge in [0.05, 0.1) is 31.7 Å². The van der Waals surface area contributed by atoms with E-state index < -0.39 is 18.5 Å². The molecule has 0 radical (unpaired) electrons. The first-order chi connectivity index (χ1) is 15.7. The predicted molar refractivity (Wildman–Crippen MR) is 121 cm³/mol. The second-order valence-corrected chi connectivity index (χ2v) is 7.43. The van der Waals surface area contributed by atoms with E-state index in [1.807, 2.05) is 26.8 Å². The van der Waals surface area contributed by atoms with Gasteiger partial charge in [-0.15, -0.1) is 0 Å². The van der Waals surface area contributed by atoms with Crippen LogP contribution in [-0.4, -0.2) is 38.5 Å². The Morgan fingerprint density at radius 1 is 0.879 bits per heavy atom. The number of aryl methyl sites for hydroxylation is 3. The average Bonchev–Trinajstić information content (AvgIpc) is 3.34. The summed E-state index contributed by atoms with van der Waals surface area (Å²) >= 11 is 0. The highest BCUT2D eigenvalue weighted by atomic mass is 16.5. The summed E-state index contributed by atoms with van der Waals surface area (Å²) in [5.74, 6) is -1.08. The topological polar surface area (TPSA) is 104 Å². The van der Waals surface area contributed by atoms with E-state index in [2.05, 4.69) is 5.32 Å². The zero-order chi connectivity index (χ0) is 24.1. The number of amides is 1. The number of rotatable bonds is 8. The van der Waals surface area contributed by atoms with Crippen LogP contribution in [0.25, 0.3) is 0 Å². The maximum absolute atomic E-state index is 12.9. The summed E-state index contributed by atoms with van der Waals surface area (Å²) in [5, 5.41) is 2.61. The molecule has 0 aliphatic heterocycles. The Balaban J connectivity index is 1.85. The average molecular weight is 451 g/mol. The van der Waals surface area contributed by atoms with E-state index in [0.717, 1.165) is 16.7 Å². The molecule has 0 unspecified atom stereocenters. The summed E-state index contributed by atoms with van der Waals surface area (Å²) in [7, 11) is 2.85. The molecule has 3 aromatic rings. The number of benzene rings is 2. The SMILES string of the molecule is COc1cc(NC(=O)c2ccco2)c(C(=O)OCC(=O)c2cc(C)c(C)cc2C)cc1OC.